The highest BCUT2D eigenvalue weighted by Gasteiger charge is 2.11. The molecule has 0 saturated heterocycles. The van der Waals surface area contributed by atoms with Crippen molar-refractivity contribution in [2.75, 3.05) is 13.1 Å². The quantitative estimate of drug-likeness (QED) is 0.604. The minimum atomic E-state index is -0.791. The van der Waals surface area contributed by atoms with Crippen LogP contribution < -0.4 is 0 Å². The Hall–Kier alpha value is -0.830. The van der Waals surface area contributed by atoms with Crippen LogP contribution in [0.25, 0.3) is 0 Å². The Kier molecular flexibility index (Phi) is 4.54. The Morgan fingerprint density at radius 1 is 1.82 bits per heavy atom. The fourth-order valence-corrected chi connectivity index (χ4v) is 0.867. The summed E-state index contributed by atoms with van der Waals surface area (Å²) in [5, 5.41) is 8.48. The smallest absolute Gasteiger partial charge is 0.317 e. The highest BCUT2D eigenvalue weighted by atomic mass is 16.4. The number of carbonyl (C=O) groups is 1. The lowest BCUT2D eigenvalue weighted by Gasteiger charge is -2.22. The van der Waals surface area contributed by atoms with Gasteiger partial charge in [-0.15, -0.1) is 6.58 Å². The number of hydrogen-bond acceptors (Lipinski definition) is 2. The number of hydrogen-bond donors (Lipinski definition) is 1. The maximum Gasteiger partial charge on any atom is 0.317 e. The van der Waals surface area contributed by atoms with Crippen LogP contribution in [0.4, 0.5) is 0 Å². The number of aliphatic carboxylic acids is 1. The van der Waals surface area contributed by atoms with Crippen LogP contribution in [0.1, 0.15) is 13.8 Å². The molecule has 64 valence electrons. The van der Waals surface area contributed by atoms with Crippen LogP contribution in [0.5, 0.6) is 0 Å². The van der Waals surface area contributed by atoms with E-state index < -0.39 is 5.97 Å². The molecule has 0 aliphatic carbocycles. The molecule has 11 heavy (non-hydrogen) atoms. The van der Waals surface area contributed by atoms with Crippen molar-refractivity contribution in [3.63, 3.8) is 0 Å². The van der Waals surface area contributed by atoms with Crippen molar-refractivity contribution in [1.82, 2.24) is 4.90 Å². The van der Waals surface area contributed by atoms with Crippen LogP contribution in [0.2, 0.25) is 0 Å². The first-order chi connectivity index (χ1) is 5.11. The molecule has 0 amide bonds. The fourth-order valence-electron chi connectivity index (χ4n) is 0.867. The first-order valence-corrected chi connectivity index (χ1v) is 3.70. The highest BCUT2D eigenvalue weighted by Crippen LogP contribution is 1.98. The third-order valence-electron chi connectivity index (χ3n) is 1.66. The second-order valence-corrected chi connectivity index (χ2v) is 2.43. The average Bonchev–Trinajstić information content (AvgIpc) is 1.98. The molecular formula is C8H15NO2. The van der Waals surface area contributed by atoms with Crippen molar-refractivity contribution < 1.29 is 9.90 Å². The summed E-state index contributed by atoms with van der Waals surface area (Å²) in [5.41, 5.74) is 0. The molecule has 0 aromatic rings. The lowest BCUT2D eigenvalue weighted by Crippen LogP contribution is -2.35. The predicted molar refractivity (Wildman–Crippen MR) is 44.5 cm³/mol. The Morgan fingerprint density at radius 2 is 2.36 bits per heavy atom. The minimum absolute atomic E-state index is 0.0870. The van der Waals surface area contributed by atoms with E-state index in [2.05, 4.69) is 6.58 Å². The molecule has 0 heterocycles. The lowest BCUT2D eigenvalue weighted by atomic mass is 10.3. The summed E-state index contributed by atoms with van der Waals surface area (Å²) in [6, 6.07) is 0.135. The molecular weight excluding hydrogens is 142 g/mol. The van der Waals surface area contributed by atoms with E-state index in [4.69, 9.17) is 5.11 Å². The molecule has 1 unspecified atom stereocenters. The summed E-state index contributed by atoms with van der Waals surface area (Å²) in [4.78, 5) is 12.1. The zero-order chi connectivity index (χ0) is 8.85. The largest absolute Gasteiger partial charge is 0.480 e. The van der Waals surface area contributed by atoms with Crippen LogP contribution in [0.15, 0.2) is 12.7 Å². The number of nitrogens with zero attached hydrogens (tertiary/aromatic N) is 1. The van der Waals surface area contributed by atoms with Crippen LogP contribution in [0, 0.1) is 0 Å². The van der Waals surface area contributed by atoms with E-state index in [1.807, 2.05) is 18.7 Å². The zero-order valence-electron chi connectivity index (χ0n) is 7.08. The van der Waals surface area contributed by atoms with Crippen molar-refractivity contribution in [1.29, 1.82) is 0 Å². The van der Waals surface area contributed by atoms with Gasteiger partial charge in [-0.1, -0.05) is 13.0 Å². The SMILES string of the molecule is C=CC(C)N(CC)CC(=O)O. The third kappa shape index (κ3) is 3.78. The van der Waals surface area contributed by atoms with Gasteiger partial charge in [-0.05, 0) is 13.5 Å². The van der Waals surface area contributed by atoms with E-state index in [-0.39, 0.29) is 12.6 Å². The third-order valence-corrected chi connectivity index (χ3v) is 1.66. The van der Waals surface area contributed by atoms with Gasteiger partial charge in [0.2, 0.25) is 0 Å². The molecule has 0 aromatic carbocycles. The molecule has 0 radical (unpaired) electrons. The Labute approximate surface area is 67.3 Å². The molecule has 0 rings (SSSR count). The summed E-state index contributed by atoms with van der Waals surface area (Å²) in [5.74, 6) is -0.791. The summed E-state index contributed by atoms with van der Waals surface area (Å²) >= 11 is 0. The minimum Gasteiger partial charge on any atom is -0.480 e. The number of carboxylic acid groups (broad SMARTS) is 1. The van der Waals surface area contributed by atoms with Crippen molar-refractivity contribution in [3.05, 3.63) is 12.7 Å². The fraction of sp³-hybridized carbons (Fsp3) is 0.625. The van der Waals surface area contributed by atoms with Gasteiger partial charge in [-0.25, -0.2) is 0 Å². The van der Waals surface area contributed by atoms with Gasteiger partial charge in [0.25, 0.3) is 0 Å². The molecule has 3 nitrogen and oxygen atoms in total. The zero-order valence-corrected chi connectivity index (χ0v) is 7.08. The first-order valence-electron chi connectivity index (χ1n) is 3.70. The molecule has 1 N–H and O–H groups in total. The van der Waals surface area contributed by atoms with Gasteiger partial charge in [0, 0.05) is 6.04 Å². The normalized spacial score (nSPS) is 13.0. The molecule has 0 saturated carbocycles. The molecule has 0 aromatic heterocycles. The van der Waals surface area contributed by atoms with E-state index in [1.54, 1.807) is 6.08 Å². The molecule has 0 aliphatic heterocycles. The van der Waals surface area contributed by atoms with Crippen LogP contribution in [-0.2, 0) is 4.79 Å². The van der Waals surface area contributed by atoms with Crippen LogP contribution >= 0.6 is 0 Å². The van der Waals surface area contributed by atoms with Gasteiger partial charge in [0.15, 0.2) is 0 Å². The summed E-state index contributed by atoms with van der Waals surface area (Å²) < 4.78 is 0. The van der Waals surface area contributed by atoms with Crippen LogP contribution in [0.3, 0.4) is 0 Å². The maximum atomic E-state index is 10.3. The predicted octanol–water partition coefficient (Wildman–Crippen LogP) is 0.967. The molecule has 0 fully saturated rings. The van der Waals surface area contributed by atoms with Crippen molar-refractivity contribution in [2.24, 2.45) is 0 Å². The lowest BCUT2D eigenvalue weighted by molar-refractivity contribution is -0.138. The number of rotatable bonds is 5. The molecule has 0 spiro atoms. The topological polar surface area (TPSA) is 40.5 Å². The van der Waals surface area contributed by atoms with Gasteiger partial charge in [-0.3, -0.25) is 9.69 Å². The molecule has 3 heteroatoms. The first kappa shape index (κ1) is 10.2. The van der Waals surface area contributed by atoms with Gasteiger partial charge in [0.05, 0.1) is 6.54 Å². The van der Waals surface area contributed by atoms with Crippen molar-refractivity contribution in [2.45, 2.75) is 19.9 Å². The highest BCUT2D eigenvalue weighted by molar-refractivity contribution is 5.69. The van der Waals surface area contributed by atoms with Crippen molar-refractivity contribution >= 4 is 5.97 Å². The summed E-state index contributed by atoms with van der Waals surface area (Å²) in [7, 11) is 0. The maximum absolute atomic E-state index is 10.3. The second kappa shape index (κ2) is 4.91. The van der Waals surface area contributed by atoms with Gasteiger partial charge in [-0.2, -0.15) is 0 Å². The van der Waals surface area contributed by atoms with E-state index in [0.717, 1.165) is 6.54 Å². The Balaban J connectivity index is 3.93. The van der Waals surface area contributed by atoms with Crippen molar-refractivity contribution in [3.8, 4) is 0 Å². The molecule has 1 atom stereocenters. The van der Waals surface area contributed by atoms with Gasteiger partial charge >= 0.3 is 5.97 Å². The van der Waals surface area contributed by atoms with Gasteiger partial charge in [0.1, 0.15) is 0 Å². The molecule has 0 aliphatic rings. The molecule has 0 bridgehead atoms. The van der Waals surface area contributed by atoms with E-state index in [9.17, 15) is 4.79 Å². The van der Waals surface area contributed by atoms with E-state index >= 15 is 0 Å². The van der Waals surface area contributed by atoms with E-state index in [1.165, 1.54) is 0 Å². The standard InChI is InChI=1S/C8H15NO2/c1-4-7(3)9(5-2)6-8(10)11/h4,7H,1,5-6H2,2-3H3,(H,10,11). The Bertz CT molecular complexity index is 145. The monoisotopic (exact) mass is 157 g/mol. The van der Waals surface area contributed by atoms with Crippen LogP contribution in [-0.4, -0.2) is 35.1 Å². The summed E-state index contributed by atoms with van der Waals surface area (Å²) in [6.45, 7) is 8.29. The van der Waals surface area contributed by atoms with Gasteiger partial charge < -0.3 is 5.11 Å². The number of likely N-dealkylation sites (N-methyl/N-ethyl adjacent to an activating group) is 1. The second-order valence-electron chi connectivity index (χ2n) is 2.43. The average molecular weight is 157 g/mol. The Morgan fingerprint density at radius 3 is 2.64 bits per heavy atom. The number of carboxylic acids is 1. The van der Waals surface area contributed by atoms with E-state index in [0.29, 0.717) is 0 Å². The summed E-state index contributed by atoms with van der Waals surface area (Å²) in [6.07, 6.45) is 1.74.